The molecule has 1 amide bonds. The first kappa shape index (κ1) is 18.4. The molecule has 7 heteroatoms. The van der Waals surface area contributed by atoms with Crippen LogP contribution in [0.2, 0.25) is 0 Å². The lowest BCUT2D eigenvalue weighted by molar-refractivity contribution is -0.113. The number of para-hydroxylation sites is 1. The monoisotopic (exact) mass is 391 g/mol. The fourth-order valence-electron chi connectivity index (χ4n) is 3.10. The van der Waals surface area contributed by atoms with Crippen LogP contribution >= 0.6 is 11.8 Å². The summed E-state index contributed by atoms with van der Waals surface area (Å²) in [6.45, 7) is 4.01. The molecule has 0 saturated heterocycles. The number of nitrogens with zero attached hydrogens (tertiary/aromatic N) is 4. The third-order valence-corrected chi connectivity index (χ3v) is 5.29. The molecule has 0 radical (unpaired) electrons. The Morgan fingerprint density at radius 2 is 1.89 bits per heavy atom. The van der Waals surface area contributed by atoms with Crippen molar-refractivity contribution < 1.29 is 4.79 Å². The highest BCUT2D eigenvalue weighted by molar-refractivity contribution is 7.99. The number of fused-ring (bicyclic) bond motifs is 3. The molecule has 142 valence electrons. The van der Waals surface area contributed by atoms with Gasteiger partial charge in [0.1, 0.15) is 5.82 Å². The van der Waals surface area contributed by atoms with Gasteiger partial charge in [-0.1, -0.05) is 49.4 Å². The van der Waals surface area contributed by atoms with Gasteiger partial charge in [-0.2, -0.15) is 4.52 Å². The van der Waals surface area contributed by atoms with Crippen LogP contribution in [-0.2, 0) is 11.2 Å². The molecule has 28 heavy (non-hydrogen) atoms. The maximum Gasteiger partial charge on any atom is 0.234 e. The van der Waals surface area contributed by atoms with Crippen LogP contribution in [-0.4, -0.2) is 31.2 Å². The maximum atomic E-state index is 12.4. The highest BCUT2D eigenvalue weighted by Gasteiger charge is 2.13. The zero-order chi connectivity index (χ0) is 19.5. The Bertz CT molecular complexity index is 1140. The number of benzene rings is 2. The second-order valence-corrected chi connectivity index (χ2v) is 7.53. The van der Waals surface area contributed by atoms with Gasteiger partial charge in [0, 0.05) is 11.1 Å². The Morgan fingerprint density at radius 1 is 1.11 bits per heavy atom. The minimum absolute atomic E-state index is 0.0758. The van der Waals surface area contributed by atoms with E-state index in [2.05, 4.69) is 39.4 Å². The number of anilines is 1. The molecule has 0 unspecified atom stereocenters. The molecule has 4 aromatic rings. The molecule has 2 heterocycles. The third-order valence-electron chi connectivity index (χ3n) is 4.36. The van der Waals surface area contributed by atoms with Gasteiger partial charge in [0.2, 0.25) is 5.91 Å². The molecular formula is C21H21N5OS. The summed E-state index contributed by atoms with van der Waals surface area (Å²) in [5.41, 5.74) is 3.69. The Morgan fingerprint density at radius 3 is 2.68 bits per heavy atom. The van der Waals surface area contributed by atoms with Crippen molar-refractivity contribution >= 4 is 39.9 Å². The lowest BCUT2D eigenvalue weighted by Crippen LogP contribution is -2.14. The van der Waals surface area contributed by atoms with Gasteiger partial charge >= 0.3 is 0 Å². The van der Waals surface area contributed by atoms with Crippen molar-refractivity contribution in [2.45, 2.75) is 31.8 Å². The summed E-state index contributed by atoms with van der Waals surface area (Å²) >= 11 is 1.35. The summed E-state index contributed by atoms with van der Waals surface area (Å²) in [7, 11) is 0. The number of hydrogen-bond donors (Lipinski definition) is 1. The van der Waals surface area contributed by atoms with Gasteiger partial charge in [-0.3, -0.25) is 4.79 Å². The zero-order valence-electron chi connectivity index (χ0n) is 15.8. The largest absolute Gasteiger partial charge is 0.325 e. The number of carbonyl (C=O) groups is 1. The number of hydrogen-bond acceptors (Lipinski definition) is 5. The molecule has 6 nitrogen and oxygen atoms in total. The number of carbonyl (C=O) groups excluding carboxylic acids is 1. The lowest BCUT2D eigenvalue weighted by Gasteiger charge is -2.08. The fourth-order valence-corrected chi connectivity index (χ4v) is 3.84. The Hall–Kier alpha value is -2.93. The quantitative estimate of drug-likeness (QED) is 0.393. The van der Waals surface area contributed by atoms with Crippen LogP contribution < -0.4 is 5.32 Å². The molecule has 4 rings (SSSR count). The molecular weight excluding hydrogens is 370 g/mol. The SMILES string of the molecule is CCCc1ccc(NC(=O)CSc2nc3ccccc3c3nc(C)nn23)cc1. The van der Waals surface area contributed by atoms with Crippen LogP contribution in [0, 0.1) is 6.92 Å². The predicted molar refractivity (Wildman–Crippen MR) is 113 cm³/mol. The first-order chi connectivity index (χ1) is 13.6. The van der Waals surface area contributed by atoms with Crippen LogP contribution in [0.5, 0.6) is 0 Å². The highest BCUT2D eigenvalue weighted by atomic mass is 32.2. The molecule has 0 aliphatic rings. The van der Waals surface area contributed by atoms with Gasteiger partial charge in [-0.25, -0.2) is 9.97 Å². The summed E-state index contributed by atoms with van der Waals surface area (Å²) < 4.78 is 1.72. The fraction of sp³-hybridized carbons (Fsp3) is 0.238. The summed E-state index contributed by atoms with van der Waals surface area (Å²) in [6, 6.07) is 15.8. The Labute approximate surface area is 167 Å². The van der Waals surface area contributed by atoms with Crippen LogP contribution in [0.3, 0.4) is 0 Å². The second kappa shape index (κ2) is 7.98. The average molecular weight is 392 g/mol. The highest BCUT2D eigenvalue weighted by Crippen LogP contribution is 2.24. The minimum atomic E-state index is -0.0758. The Kier molecular flexibility index (Phi) is 5.25. The molecule has 0 aliphatic carbocycles. The number of rotatable bonds is 6. The van der Waals surface area contributed by atoms with Crippen molar-refractivity contribution in [3.8, 4) is 0 Å². The van der Waals surface area contributed by atoms with E-state index in [-0.39, 0.29) is 11.7 Å². The molecule has 0 aliphatic heterocycles. The molecule has 0 atom stereocenters. The van der Waals surface area contributed by atoms with Crippen LogP contribution in [0.1, 0.15) is 24.7 Å². The maximum absolute atomic E-state index is 12.4. The normalized spacial score (nSPS) is 11.2. The third kappa shape index (κ3) is 3.84. The van der Waals surface area contributed by atoms with E-state index in [1.165, 1.54) is 17.3 Å². The molecule has 2 aromatic carbocycles. The van der Waals surface area contributed by atoms with Gasteiger partial charge in [0.15, 0.2) is 10.8 Å². The van der Waals surface area contributed by atoms with E-state index in [9.17, 15) is 4.79 Å². The zero-order valence-corrected chi connectivity index (χ0v) is 16.7. The summed E-state index contributed by atoms with van der Waals surface area (Å²) in [4.78, 5) is 21.6. The van der Waals surface area contributed by atoms with Gasteiger partial charge in [-0.15, -0.1) is 5.10 Å². The van der Waals surface area contributed by atoms with Gasteiger partial charge in [0.25, 0.3) is 0 Å². The second-order valence-electron chi connectivity index (χ2n) is 6.59. The lowest BCUT2D eigenvalue weighted by atomic mass is 10.1. The molecule has 0 bridgehead atoms. The topological polar surface area (TPSA) is 72.2 Å². The molecule has 0 saturated carbocycles. The van der Waals surface area contributed by atoms with Crippen LogP contribution in [0.4, 0.5) is 5.69 Å². The van der Waals surface area contributed by atoms with Crippen molar-refractivity contribution in [1.29, 1.82) is 0 Å². The van der Waals surface area contributed by atoms with E-state index in [0.29, 0.717) is 11.0 Å². The number of aryl methyl sites for hydroxylation is 2. The molecule has 0 spiro atoms. The van der Waals surface area contributed by atoms with Crippen molar-refractivity contribution in [3.05, 3.63) is 59.9 Å². The standard InChI is InChI=1S/C21H21N5OS/c1-3-6-15-9-11-16(12-10-15)23-19(27)13-28-21-24-18-8-5-4-7-17(18)20-22-14(2)25-26(20)21/h4-5,7-12H,3,6,13H2,1-2H3,(H,23,27). The summed E-state index contributed by atoms with van der Waals surface area (Å²) in [6.07, 6.45) is 2.16. The van der Waals surface area contributed by atoms with Crippen molar-refractivity contribution in [1.82, 2.24) is 19.6 Å². The van der Waals surface area contributed by atoms with Gasteiger partial charge < -0.3 is 5.32 Å². The van der Waals surface area contributed by atoms with Crippen molar-refractivity contribution in [2.75, 3.05) is 11.1 Å². The van der Waals surface area contributed by atoms with Gasteiger partial charge in [-0.05, 0) is 43.2 Å². The summed E-state index contributed by atoms with van der Waals surface area (Å²) in [5, 5.41) is 8.99. The molecule has 2 aromatic heterocycles. The molecule has 0 fully saturated rings. The number of amides is 1. The number of thioether (sulfide) groups is 1. The van der Waals surface area contributed by atoms with Crippen molar-refractivity contribution in [2.24, 2.45) is 0 Å². The van der Waals surface area contributed by atoms with E-state index in [0.717, 1.165) is 35.1 Å². The number of aromatic nitrogens is 4. The first-order valence-corrected chi connectivity index (χ1v) is 10.3. The van der Waals surface area contributed by atoms with E-state index < -0.39 is 0 Å². The minimum Gasteiger partial charge on any atom is -0.325 e. The molecule has 1 N–H and O–H groups in total. The Balaban J connectivity index is 1.50. The van der Waals surface area contributed by atoms with E-state index in [4.69, 9.17) is 0 Å². The van der Waals surface area contributed by atoms with Crippen molar-refractivity contribution in [3.63, 3.8) is 0 Å². The smallest absolute Gasteiger partial charge is 0.234 e. The van der Waals surface area contributed by atoms with Crippen LogP contribution in [0.25, 0.3) is 16.6 Å². The van der Waals surface area contributed by atoms with E-state index >= 15 is 0 Å². The van der Waals surface area contributed by atoms with E-state index in [1.54, 1.807) is 4.52 Å². The summed E-state index contributed by atoms with van der Waals surface area (Å²) in [5.74, 6) is 0.848. The van der Waals surface area contributed by atoms with Crippen LogP contribution in [0.15, 0.2) is 53.7 Å². The average Bonchev–Trinajstić information content (AvgIpc) is 3.10. The first-order valence-electron chi connectivity index (χ1n) is 9.28. The van der Waals surface area contributed by atoms with E-state index in [1.807, 2.05) is 43.3 Å². The predicted octanol–water partition coefficient (Wildman–Crippen LogP) is 4.27. The van der Waals surface area contributed by atoms with Gasteiger partial charge in [0.05, 0.1) is 11.3 Å². The number of nitrogens with one attached hydrogen (secondary N) is 1.